The van der Waals surface area contributed by atoms with Gasteiger partial charge >= 0.3 is 0 Å². The van der Waals surface area contributed by atoms with Crippen molar-refractivity contribution >= 4 is 16.9 Å². The summed E-state index contributed by atoms with van der Waals surface area (Å²) in [5.41, 5.74) is 3.52. The van der Waals surface area contributed by atoms with Crippen molar-refractivity contribution in [3.8, 4) is 11.3 Å². The van der Waals surface area contributed by atoms with Crippen molar-refractivity contribution in [2.45, 2.75) is 12.5 Å². The lowest BCUT2D eigenvalue weighted by atomic mass is 9.94. The standard InChI is InChI=1S/C21H18FN5O/c1-26-19(10-13-6-7-17(25-20(13)26)14-11-23-24-12-14)21(28)27-9-8-18(27)15-4-2-3-5-16(15)22/h2-7,10-12,18H,8-9H2,1H3,(H,23,24)/t18-/m1/s1. The molecule has 0 aliphatic carbocycles. The number of nitrogens with one attached hydrogen (secondary N) is 1. The molecule has 1 saturated heterocycles. The normalized spacial score (nSPS) is 16.4. The van der Waals surface area contributed by atoms with Crippen LogP contribution in [-0.2, 0) is 7.05 Å². The van der Waals surface area contributed by atoms with E-state index in [4.69, 9.17) is 0 Å². The third-order valence-corrected chi connectivity index (χ3v) is 5.43. The van der Waals surface area contributed by atoms with Crippen LogP contribution in [-0.4, -0.2) is 37.1 Å². The number of amides is 1. The quantitative estimate of drug-likeness (QED) is 0.594. The summed E-state index contributed by atoms with van der Waals surface area (Å²) in [4.78, 5) is 19.6. The molecule has 0 unspecified atom stereocenters. The van der Waals surface area contributed by atoms with E-state index in [0.717, 1.165) is 28.7 Å². The predicted octanol–water partition coefficient (Wildman–Crippen LogP) is 3.69. The van der Waals surface area contributed by atoms with Gasteiger partial charge in [0.25, 0.3) is 5.91 Å². The van der Waals surface area contributed by atoms with Gasteiger partial charge in [-0.15, -0.1) is 0 Å². The molecule has 1 fully saturated rings. The van der Waals surface area contributed by atoms with E-state index in [-0.39, 0.29) is 17.8 Å². The second-order valence-corrected chi connectivity index (χ2v) is 7.01. The van der Waals surface area contributed by atoms with Gasteiger partial charge in [-0.05, 0) is 30.7 Å². The zero-order valence-electron chi connectivity index (χ0n) is 15.3. The Balaban J connectivity index is 1.50. The molecule has 1 atom stereocenters. The number of pyridine rings is 1. The highest BCUT2D eigenvalue weighted by Gasteiger charge is 2.36. The smallest absolute Gasteiger partial charge is 0.271 e. The van der Waals surface area contributed by atoms with E-state index in [1.807, 2.05) is 25.2 Å². The summed E-state index contributed by atoms with van der Waals surface area (Å²) in [6.45, 7) is 0.618. The van der Waals surface area contributed by atoms with Crippen molar-refractivity contribution in [1.82, 2.24) is 24.6 Å². The fourth-order valence-electron chi connectivity index (χ4n) is 3.80. The number of fused-ring (bicyclic) bond motifs is 1. The average molecular weight is 375 g/mol. The Bertz CT molecular complexity index is 1180. The fourth-order valence-corrected chi connectivity index (χ4v) is 3.80. The third kappa shape index (κ3) is 2.51. The topological polar surface area (TPSA) is 66.8 Å². The van der Waals surface area contributed by atoms with Crippen LogP contribution in [0.25, 0.3) is 22.3 Å². The largest absolute Gasteiger partial charge is 0.330 e. The number of likely N-dealkylation sites (tertiary alicyclic amines) is 1. The van der Waals surface area contributed by atoms with E-state index in [0.29, 0.717) is 17.8 Å². The number of H-pyrrole nitrogens is 1. The summed E-state index contributed by atoms with van der Waals surface area (Å²) < 4.78 is 16.0. The van der Waals surface area contributed by atoms with Gasteiger partial charge in [-0.3, -0.25) is 9.89 Å². The Labute approximate surface area is 160 Å². The number of aryl methyl sites for hydroxylation is 1. The molecule has 0 radical (unpaired) electrons. The number of carbonyl (C=O) groups is 1. The molecule has 0 saturated carbocycles. The van der Waals surface area contributed by atoms with Crippen LogP contribution in [0.15, 0.2) is 54.9 Å². The average Bonchev–Trinajstić information content (AvgIpc) is 3.31. The Hall–Kier alpha value is -3.48. The van der Waals surface area contributed by atoms with Crippen LogP contribution >= 0.6 is 0 Å². The summed E-state index contributed by atoms with van der Waals surface area (Å²) in [6, 6.07) is 12.1. The minimum absolute atomic E-state index is 0.107. The minimum Gasteiger partial charge on any atom is -0.330 e. The lowest BCUT2D eigenvalue weighted by molar-refractivity contribution is 0.0443. The Morgan fingerprint density at radius 1 is 1.25 bits per heavy atom. The number of hydrogen-bond acceptors (Lipinski definition) is 3. The number of rotatable bonds is 3. The maximum Gasteiger partial charge on any atom is 0.271 e. The van der Waals surface area contributed by atoms with Gasteiger partial charge in [0.1, 0.15) is 17.2 Å². The fraction of sp³-hybridized carbons (Fsp3) is 0.190. The first kappa shape index (κ1) is 16.7. The van der Waals surface area contributed by atoms with Crippen LogP contribution in [0.2, 0.25) is 0 Å². The first-order valence-corrected chi connectivity index (χ1v) is 9.14. The second kappa shape index (κ2) is 6.30. The number of aromatic nitrogens is 4. The van der Waals surface area contributed by atoms with E-state index in [2.05, 4.69) is 15.2 Å². The Morgan fingerprint density at radius 2 is 2.11 bits per heavy atom. The molecule has 140 valence electrons. The van der Waals surface area contributed by atoms with E-state index in [9.17, 15) is 9.18 Å². The van der Waals surface area contributed by atoms with Crippen molar-refractivity contribution < 1.29 is 9.18 Å². The van der Waals surface area contributed by atoms with Gasteiger partial charge < -0.3 is 9.47 Å². The molecule has 5 rings (SSSR count). The van der Waals surface area contributed by atoms with E-state index in [1.165, 1.54) is 6.07 Å². The monoisotopic (exact) mass is 375 g/mol. The van der Waals surface area contributed by atoms with Crippen LogP contribution in [0.4, 0.5) is 4.39 Å². The highest BCUT2D eigenvalue weighted by Crippen LogP contribution is 2.36. The maximum atomic E-state index is 14.2. The summed E-state index contributed by atoms with van der Waals surface area (Å²) in [5.74, 6) is -0.377. The Morgan fingerprint density at radius 3 is 2.82 bits per heavy atom. The SMILES string of the molecule is Cn1c(C(=O)N2CC[C@@H]2c2ccccc2F)cc2ccc(-c3cn[nH]c3)nc21. The Kier molecular flexibility index (Phi) is 3.75. The van der Waals surface area contributed by atoms with Gasteiger partial charge in [0, 0.05) is 36.3 Å². The summed E-state index contributed by atoms with van der Waals surface area (Å²) >= 11 is 0. The molecule has 28 heavy (non-hydrogen) atoms. The number of halogens is 1. The maximum absolute atomic E-state index is 14.2. The van der Waals surface area contributed by atoms with Crippen molar-refractivity contribution in [2.24, 2.45) is 7.05 Å². The first-order valence-electron chi connectivity index (χ1n) is 9.14. The highest BCUT2D eigenvalue weighted by molar-refractivity contribution is 5.98. The third-order valence-electron chi connectivity index (χ3n) is 5.43. The molecule has 1 aliphatic rings. The van der Waals surface area contributed by atoms with Crippen molar-refractivity contribution in [3.63, 3.8) is 0 Å². The highest BCUT2D eigenvalue weighted by atomic mass is 19.1. The van der Waals surface area contributed by atoms with Gasteiger partial charge in [-0.25, -0.2) is 9.37 Å². The van der Waals surface area contributed by atoms with Crippen LogP contribution in [0.3, 0.4) is 0 Å². The molecule has 1 amide bonds. The molecule has 1 N–H and O–H groups in total. The van der Waals surface area contributed by atoms with Crippen molar-refractivity contribution in [2.75, 3.05) is 6.54 Å². The van der Waals surface area contributed by atoms with Crippen molar-refractivity contribution in [1.29, 1.82) is 0 Å². The van der Waals surface area contributed by atoms with Crippen LogP contribution in [0.5, 0.6) is 0 Å². The van der Waals surface area contributed by atoms with Gasteiger partial charge in [0.05, 0.1) is 17.9 Å². The zero-order valence-corrected chi connectivity index (χ0v) is 15.3. The van der Waals surface area contributed by atoms with Gasteiger partial charge in [0.15, 0.2) is 0 Å². The van der Waals surface area contributed by atoms with E-state index in [1.54, 1.807) is 40.1 Å². The lowest BCUT2D eigenvalue weighted by Crippen LogP contribution is -2.46. The number of carbonyl (C=O) groups excluding carboxylic acids is 1. The van der Waals surface area contributed by atoms with Gasteiger partial charge in [0.2, 0.25) is 0 Å². The molecule has 7 heteroatoms. The minimum atomic E-state index is -0.270. The molecule has 1 aromatic carbocycles. The van der Waals surface area contributed by atoms with Crippen LogP contribution < -0.4 is 0 Å². The van der Waals surface area contributed by atoms with Crippen LogP contribution in [0, 0.1) is 5.82 Å². The molecule has 6 nitrogen and oxygen atoms in total. The number of hydrogen-bond donors (Lipinski definition) is 1. The molecule has 1 aliphatic heterocycles. The summed E-state index contributed by atoms with van der Waals surface area (Å²) in [7, 11) is 1.83. The predicted molar refractivity (Wildman–Crippen MR) is 103 cm³/mol. The summed E-state index contributed by atoms with van der Waals surface area (Å²) in [5, 5.41) is 7.63. The zero-order chi connectivity index (χ0) is 19.3. The second-order valence-electron chi connectivity index (χ2n) is 7.01. The van der Waals surface area contributed by atoms with Gasteiger partial charge in [-0.1, -0.05) is 18.2 Å². The molecular formula is C21H18FN5O. The van der Waals surface area contributed by atoms with Crippen molar-refractivity contribution in [3.05, 3.63) is 71.9 Å². The molecule has 4 aromatic rings. The lowest BCUT2D eigenvalue weighted by Gasteiger charge is -2.41. The number of nitrogens with zero attached hydrogens (tertiary/aromatic N) is 4. The summed E-state index contributed by atoms with van der Waals surface area (Å²) in [6.07, 6.45) is 4.25. The number of aromatic amines is 1. The molecule has 0 bridgehead atoms. The van der Waals surface area contributed by atoms with E-state index >= 15 is 0 Å². The van der Waals surface area contributed by atoms with Gasteiger partial charge in [-0.2, -0.15) is 5.10 Å². The van der Waals surface area contributed by atoms with E-state index < -0.39 is 0 Å². The molecular weight excluding hydrogens is 357 g/mol. The molecule has 0 spiro atoms. The van der Waals surface area contributed by atoms with Crippen LogP contribution in [0.1, 0.15) is 28.5 Å². The first-order chi connectivity index (χ1) is 13.6. The number of benzene rings is 1. The molecule has 4 heterocycles. The molecule has 3 aromatic heterocycles.